The lowest BCUT2D eigenvalue weighted by molar-refractivity contribution is 0.424. The molecule has 0 saturated heterocycles. The van der Waals surface area contributed by atoms with Crippen molar-refractivity contribution >= 4 is 11.0 Å². The minimum atomic E-state index is -0.0650. The number of rotatable bonds is 5. The molecule has 0 spiro atoms. The molecule has 0 amide bonds. The Morgan fingerprint density at radius 1 is 1.17 bits per heavy atom. The van der Waals surface area contributed by atoms with Crippen LogP contribution < -0.4 is 10.9 Å². The second-order valence-corrected chi connectivity index (χ2v) is 8.82. The summed E-state index contributed by atoms with van der Waals surface area (Å²) in [6.07, 6.45) is 8.00. The van der Waals surface area contributed by atoms with Crippen molar-refractivity contribution in [3.05, 3.63) is 75.2 Å². The highest BCUT2D eigenvalue weighted by Crippen LogP contribution is 2.47. The SMILES string of the molecule is Cn1c(=O)c(Cc2ccc(C#N)cc2)nc2cc(C3(NC4CCCC4)CC3)ccc21. The summed E-state index contributed by atoms with van der Waals surface area (Å²) in [6.45, 7) is 0. The summed E-state index contributed by atoms with van der Waals surface area (Å²) in [5.74, 6) is 0. The van der Waals surface area contributed by atoms with Gasteiger partial charge in [0.2, 0.25) is 0 Å². The van der Waals surface area contributed by atoms with E-state index in [1.54, 1.807) is 16.7 Å². The molecule has 3 aromatic rings. The zero-order chi connectivity index (χ0) is 20.7. The van der Waals surface area contributed by atoms with Crippen molar-refractivity contribution in [2.45, 2.75) is 56.5 Å². The summed E-state index contributed by atoms with van der Waals surface area (Å²) in [5.41, 5.74) is 5.19. The zero-order valence-corrected chi connectivity index (χ0v) is 17.3. The molecule has 1 heterocycles. The average molecular weight is 399 g/mol. The van der Waals surface area contributed by atoms with Crippen LogP contribution in [-0.4, -0.2) is 15.6 Å². The molecule has 5 nitrogen and oxygen atoms in total. The van der Waals surface area contributed by atoms with Crippen LogP contribution in [0.3, 0.4) is 0 Å². The van der Waals surface area contributed by atoms with Gasteiger partial charge in [-0.1, -0.05) is 31.0 Å². The fraction of sp³-hybridized carbons (Fsp3) is 0.400. The van der Waals surface area contributed by atoms with Gasteiger partial charge in [-0.2, -0.15) is 5.26 Å². The molecule has 2 aliphatic rings. The molecule has 5 rings (SSSR count). The second-order valence-electron chi connectivity index (χ2n) is 8.82. The molecular weight excluding hydrogens is 372 g/mol. The fourth-order valence-electron chi connectivity index (χ4n) is 4.80. The Balaban J connectivity index is 1.49. The quantitative estimate of drug-likeness (QED) is 0.707. The number of nitriles is 1. The van der Waals surface area contributed by atoms with E-state index in [0.29, 0.717) is 23.7 Å². The van der Waals surface area contributed by atoms with Gasteiger partial charge in [-0.3, -0.25) is 4.79 Å². The number of benzene rings is 2. The van der Waals surface area contributed by atoms with Gasteiger partial charge < -0.3 is 9.88 Å². The van der Waals surface area contributed by atoms with Gasteiger partial charge in [0.15, 0.2) is 0 Å². The lowest BCUT2D eigenvalue weighted by Crippen LogP contribution is -2.36. The minimum absolute atomic E-state index is 0.0650. The Kier molecular flexibility index (Phi) is 4.67. The Hall–Kier alpha value is -2.97. The third kappa shape index (κ3) is 3.42. The summed E-state index contributed by atoms with van der Waals surface area (Å²) >= 11 is 0. The van der Waals surface area contributed by atoms with E-state index in [9.17, 15) is 4.79 Å². The van der Waals surface area contributed by atoms with E-state index < -0.39 is 0 Å². The molecule has 0 radical (unpaired) electrons. The smallest absolute Gasteiger partial charge is 0.272 e. The highest BCUT2D eigenvalue weighted by Gasteiger charge is 2.45. The van der Waals surface area contributed by atoms with Crippen LogP contribution in [0, 0.1) is 11.3 Å². The molecule has 2 aliphatic carbocycles. The second kappa shape index (κ2) is 7.37. The van der Waals surface area contributed by atoms with Gasteiger partial charge in [0.25, 0.3) is 5.56 Å². The number of aromatic nitrogens is 2. The van der Waals surface area contributed by atoms with Crippen molar-refractivity contribution < 1.29 is 0 Å². The van der Waals surface area contributed by atoms with E-state index in [2.05, 4.69) is 23.5 Å². The fourth-order valence-corrected chi connectivity index (χ4v) is 4.80. The predicted molar refractivity (Wildman–Crippen MR) is 117 cm³/mol. The summed E-state index contributed by atoms with van der Waals surface area (Å²) < 4.78 is 1.70. The molecule has 0 bridgehead atoms. The maximum atomic E-state index is 12.9. The maximum absolute atomic E-state index is 12.9. The van der Waals surface area contributed by atoms with Gasteiger partial charge in [-0.15, -0.1) is 0 Å². The lowest BCUT2D eigenvalue weighted by Gasteiger charge is -2.23. The molecule has 5 heteroatoms. The molecule has 2 fully saturated rings. The summed E-state index contributed by atoms with van der Waals surface area (Å²) in [4.78, 5) is 17.7. The molecule has 1 N–H and O–H groups in total. The Morgan fingerprint density at radius 3 is 2.57 bits per heavy atom. The topological polar surface area (TPSA) is 70.7 Å². The first kappa shape index (κ1) is 19.0. The molecule has 2 aromatic carbocycles. The van der Waals surface area contributed by atoms with E-state index in [-0.39, 0.29) is 11.1 Å². The monoisotopic (exact) mass is 398 g/mol. The summed E-state index contributed by atoms with van der Waals surface area (Å²) in [7, 11) is 1.82. The van der Waals surface area contributed by atoms with Crippen LogP contribution in [0.1, 0.15) is 60.9 Å². The zero-order valence-electron chi connectivity index (χ0n) is 17.3. The molecule has 0 unspecified atom stereocenters. The molecule has 0 atom stereocenters. The number of fused-ring (bicyclic) bond motifs is 1. The molecule has 2 saturated carbocycles. The highest BCUT2D eigenvalue weighted by atomic mass is 16.1. The van der Waals surface area contributed by atoms with Crippen molar-refractivity contribution in [3.8, 4) is 6.07 Å². The maximum Gasteiger partial charge on any atom is 0.272 e. The molecule has 1 aromatic heterocycles. The van der Waals surface area contributed by atoms with Gasteiger partial charge in [-0.05, 0) is 61.1 Å². The first-order chi connectivity index (χ1) is 14.6. The van der Waals surface area contributed by atoms with E-state index in [0.717, 1.165) is 16.6 Å². The highest BCUT2D eigenvalue weighted by molar-refractivity contribution is 5.76. The first-order valence-electron chi connectivity index (χ1n) is 10.8. The third-order valence-corrected chi connectivity index (χ3v) is 6.74. The van der Waals surface area contributed by atoms with E-state index in [1.165, 1.54) is 44.1 Å². The summed E-state index contributed by atoms with van der Waals surface area (Å²) in [6, 6.07) is 16.5. The van der Waals surface area contributed by atoms with Crippen molar-refractivity contribution in [2.24, 2.45) is 7.05 Å². The van der Waals surface area contributed by atoms with Gasteiger partial charge in [0.1, 0.15) is 5.69 Å². The van der Waals surface area contributed by atoms with Crippen LogP contribution in [0.4, 0.5) is 0 Å². The predicted octanol–water partition coefficient (Wildman–Crippen LogP) is 3.92. The van der Waals surface area contributed by atoms with Crippen molar-refractivity contribution in [3.63, 3.8) is 0 Å². The number of hydrogen-bond donors (Lipinski definition) is 1. The Morgan fingerprint density at radius 2 is 1.90 bits per heavy atom. The van der Waals surface area contributed by atoms with Crippen LogP contribution in [-0.2, 0) is 19.0 Å². The Labute approximate surface area is 176 Å². The van der Waals surface area contributed by atoms with Crippen LogP contribution in [0.15, 0.2) is 47.3 Å². The van der Waals surface area contributed by atoms with Crippen LogP contribution >= 0.6 is 0 Å². The molecule has 152 valence electrons. The van der Waals surface area contributed by atoms with Crippen LogP contribution in [0.5, 0.6) is 0 Å². The number of nitrogens with zero attached hydrogens (tertiary/aromatic N) is 3. The standard InChI is InChI=1S/C25H26N4O/c1-29-23-11-10-19(25(12-13-25)28-20-4-2-3-5-20)15-21(23)27-22(24(29)30)14-17-6-8-18(16-26)9-7-17/h6-11,15,20,28H,2-5,12-14H2,1H3. The third-order valence-electron chi connectivity index (χ3n) is 6.74. The number of hydrogen-bond acceptors (Lipinski definition) is 4. The van der Waals surface area contributed by atoms with Crippen molar-refractivity contribution in [1.82, 2.24) is 14.9 Å². The first-order valence-corrected chi connectivity index (χ1v) is 10.8. The number of aryl methyl sites for hydroxylation is 1. The van der Waals surface area contributed by atoms with E-state index in [1.807, 2.05) is 25.2 Å². The van der Waals surface area contributed by atoms with Crippen LogP contribution in [0.2, 0.25) is 0 Å². The summed E-state index contributed by atoms with van der Waals surface area (Å²) in [5, 5.41) is 12.9. The lowest BCUT2D eigenvalue weighted by atomic mass is 10.0. The molecular formula is C25H26N4O. The normalized spacial score (nSPS) is 17.9. The van der Waals surface area contributed by atoms with Crippen LogP contribution in [0.25, 0.3) is 11.0 Å². The van der Waals surface area contributed by atoms with Gasteiger partial charge in [0, 0.05) is 25.0 Å². The molecule has 30 heavy (non-hydrogen) atoms. The number of nitrogens with one attached hydrogen (secondary N) is 1. The van der Waals surface area contributed by atoms with Crippen molar-refractivity contribution in [2.75, 3.05) is 0 Å². The van der Waals surface area contributed by atoms with E-state index in [4.69, 9.17) is 10.2 Å². The van der Waals surface area contributed by atoms with Gasteiger partial charge >= 0.3 is 0 Å². The Bertz CT molecular complexity index is 1190. The average Bonchev–Trinajstić information content (AvgIpc) is 3.37. The van der Waals surface area contributed by atoms with Gasteiger partial charge in [-0.25, -0.2) is 4.98 Å². The van der Waals surface area contributed by atoms with E-state index >= 15 is 0 Å². The van der Waals surface area contributed by atoms with Crippen molar-refractivity contribution in [1.29, 1.82) is 5.26 Å². The molecule has 0 aliphatic heterocycles. The largest absolute Gasteiger partial charge is 0.308 e. The van der Waals surface area contributed by atoms with Gasteiger partial charge in [0.05, 0.1) is 22.7 Å². The minimum Gasteiger partial charge on any atom is -0.308 e.